The molecule has 0 aromatic heterocycles. The van der Waals surface area contributed by atoms with Crippen molar-refractivity contribution in [1.29, 1.82) is 0 Å². The standard InChI is InChI=1S/C14H28N2/c1-3-4-5-6-7-8-9-10-14(2)16-12-11-15-13-16/h13-14H,3-12H2,1-2H3. The van der Waals surface area contributed by atoms with E-state index in [1.165, 1.54) is 51.4 Å². The third-order valence-electron chi connectivity index (χ3n) is 3.51. The highest BCUT2D eigenvalue weighted by Crippen LogP contribution is 2.12. The van der Waals surface area contributed by atoms with Gasteiger partial charge in [-0.3, -0.25) is 4.99 Å². The van der Waals surface area contributed by atoms with Gasteiger partial charge in [-0.05, 0) is 13.3 Å². The second-order valence-corrected chi connectivity index (χ2v) is 5.02. The van der Waals surface area contributed by atoms with Crippen LogP contribution in [0.25, 0.3) is 0 Å². The topological polar surface area (TPSA) is 15.6 Å². The van der Waals surface area contributed by atoms with Crippen molar-refractivity contribution in [1.82, 2.24) is 4.90 Å². The molecule has 0 fully saturated rings. The van der Waals surface area contributed by atoms with E-state index < -0.39 is 0 Å². The van der Waals surface area contributed by atoms with Crippen LogP contribution in [0.5, 0.6) is 0 Å². The zero-order chi connectivity index (χ0) is 11.6. The second kappa shape index (κ2) is 8.60. The Morgan fingerprint density at radius 3 is 2.44 bits per heavy atom. The van der Waals surface area contributed by atoms with Gasteiger partial charge >= 0.3 is 0 Å². The van der Waals surface area contributed by atoms with Crippen LogP contribution in [-0.4, -0.2) is 30.4 Å². The molecular formula is C14H28N2. The maximum Gasteiger partial charge on any atom is 0.0853 e. The minimum absolute atomic E-state index is 0.696. The van der Waals surface area contributed by atoms with E-state index in [1.54, 1.807) is 0 Å². The van der Waals surface area contributed by atoms with Crippen molar-refractivity contribution in [3.05, 3.63) is 0 Å². The van der Waals surface area contributed by atoms with Crippen molar-refractivity contribution in [2.75, 3.05) is 13.1 Å². The van der Waals surface area contributed by atoms with Crippen LogP contribution < -0.4 is 0 Å². The lowest BCUT2D eigenvalue weighted by molar-refractivity contribution is 0.337. The Balaban J connectivity index is 1.88. The lowest BCUT2D eigenvalue weighted by Crippen LogP contribution is -2.30. The monoisotopic (exact) mass is 224 g/mol. The third-order valence-corrected chi connectivity index (χ3v) is 3.51. The summed E-state index contributed by atoms with van der Waals surface area (Å²) < 4.78 is 0. The molecule has 0 N–H and O–H groups in total. The first kappa shape index (κ1) is 13.5. The first-order valence-electron chi connectivity index (χ1n) is 7.10. The largest absolute Gasteiger partial charge is 0.358 e. The molecule has 0 spiro atoms. The van der Waals surface area contributed by atoms with Crippen LogP contribution in [0.4, 0.5) is 0 Å². The fourth-order valence-electron chi connectivity index (χ4n) is 2.29. The van der Waals surface area contributed by atoms with E-state index in [4.69, 9.17) is 0 Å². The van der Waals surface area contributed by atoms with Crippen molar-refractivity contribution < 1.29 is 0 Å². The number of hydrogen-bond acceptors (Lipinski definition) is 2. The molecule has 1 aliphatic heterocycles. The van der Waals surface area contributed by atoms with Crippen molar-refractivity contribution >= 4 is 6.34 Å². The van der Waals surface area contributed by atoms with E-state index >= 15 is 0 Å². The molecule has 94 valence electrons. The van der Waals surface area contributed by atoms with Gasteiger partial charge in [0.2, 0.25) is 0 Å². The van der Waals surface area contributed by atoms with Gasteiger partial charge in [-0.15, -0.1) is 0 Å². The number of rotatable bonds is 9. The summed E-state index contributed by atoms with van der Waals surface area (Å²) in [4.78, 5) is 6.65. The number of hydrogen-bond donors (Lipinski definition) is 0. The Morgan fingerprint density at radius 2 is 1.81 bits per heavy atom. The van der Waals surface area contributed by atoms with Gasteiger partial charge in [-0.1, -0.05) is 51.9 Å². The maximum absolute atomic E-state index is 4.26. The molecule has 16 heavy (non-hydrogen) atoms. The summed E-state index contributed by atoms with van der Waals surface area (Å²) in [7, 11) is 0. The lowest BCUT2D eigenvalue weighted by atomic mass is 10.1. The van der Waals surface area contributed by atoms with Crippen LogP contribution in [0.15, 0.2) is 4.99 Å². The number of unbranched alkanes of at least 4 members (excludes halogenated alkanes) is 6. The zero-order valence-electron chi connectivity index (χ0n) is 11.1. The summed E-state index contributed by atoms with van der Waals surface area (Å²) in [6, 6.07) is 0.696. The highest BCUT2D eigenvalue weighted by atomic mass is 15.2. The SMILES string of the molecule is CCCCCCCCCC(C)N1C=NCC1. The Hall–Kier alpha value is -0.530. The first-order chi connectivity index (χ1) is 7.84. The summed E-state index contributed by atoms with van der Waals surface area (Å²) in [5.41, 5.74) is 0. The van der Waals surface area contributed by atoms with Crippen molar-refractivity contribution in [2.45, 2.75) is 71.3 Å². The third kappa shape index (κ3) is 5.53. The van der Waals surface area contributed by atoms with E-state index in [0.717, 1.165) is 13.1 Å². The van der Waals surface area contributed by atoms with Gasteiger partial charge in [0.25, 0.3) is 0 Å². The fraction of sp³-hybridized carbons (Fsp3) is 0.929. The normalized spacial score (nSPS) is 17.0. The van der Waals surface area contributed by atoms with Crippen molar-refractivity contribution in [3.8, 4) is 0 Å². The van der Waals surface area contributed by atoms with E-state index in [1.807, 2.05) is 6.34 Å². The average molecular weight is 224 g/mol. The molecule has 0 aliphatic carbocycles. The molecule has 0 saturated heterocycles. The molecular weight excluding hydrogens is 196 g/mol. The summed E-state index contributed by atoms with van der Waals surface area (Å²) in [5.74, 6) is 0. The van der Waals surface area contributed by atoms with Gasteiger partial charge in [0.05, 0.1) is 12.9 Å². The van der Waals surface area contributed by atoms with Crippen LogP contribution in [0.3, 0.4) is 0 Å². The van der Waals surface area contributed by atoms with Gasteiger partial charge in [0.15, 0.2) is 0 Å². The summed E-state index contributed by atoms with van der Waals surface area (Å²) in [5, 5.41) is 0. The van der Waals surface area contributed by atoms with Gasteiger partial charge in [-0.2, -0.15) is 0 Å². The Bertz CT molecular complexity index is 189. The molecule has 2 heteroatoms. The van der Waals surface area contributed by atoms with Crippen molar-refractivity contribution in [2.24, 2.45) is 4.99 Å². The molecule has 0 bridgehead atoms. The van der Waals surface area contributed by atoms with Crippen LogP contribution >= 0.6 is 0 Å². The first-order valence-corrected chi connectivity index (χ1v) is 7.10. The average Bonchev–Trinajstić information content (AvgIpc) is 2.81. The van der Waals surface area contributed by atoms with Crippen LogP contribution in [0.1, 0.15) is 65.2 Å². The van der Waals surface area contributed by atoms with E-state index in [0.29, 0.717) is 6.04 Å². The van der Waals surface area contributed by atoms with Crippen LogP contribution in [0.2, 0.25) is 0 Å². The summed E-state index contributed by atoms with van der Waals surface area (Å²) in [6.45, 7) is 6.74. The van der Waals surface area contributed by atoms with Gasteiger partial charge < -0.3 is 4.90 Å². The molecule has 1 unspecified atom stereocenters. The minimum Gasteiger partial charge on any atom is -0.358 e. The summed E-state index contributed by atoms with van der Waals surface area (Å²) >= 11 is 0. The summed E-state index contributed by atoms with van der Waals surface area (Å²) in [6.07, 6.45) is 13.2. The molecule has 1 atom stereocenters. The second-order valence-electron chi connectivity index (χ2n) is 5.02. The number of nitrogens with zero attached hydrogens (tertiary/aromatic N) is 2. The van der Waals surface area contributed by atoms with E-state index in [2.05, 4.69) is 23.7 Å². The molecule has 1 rings (SSSR count). The molecule has 0 amide bonds. The van der Waals surface area contributed by atoms with Gasteiger partial charge in [0.1, 0.15) is 0 Å². The Labute approximate surface area is 101 Å². The Morgan fingerprint density at radius 1 is 1.12 bits per heavy atom. The van der Waals surface area contributed by atoms with Gasteiger partial charge in [0, 0.05) is 12.6 Å². The molecule has 0 aromatic rings. The smallest absolute Gasteiger partial charge is 0.0853 e. The van der Waals surface area contributed by atoms with Crippen LogP contribution in [-0.2, 0) is 0 Å². The quantitative estimate of drug-likeness (QED) is 0.543. The predicted octanol–water partition coefficient (Wildman–Crippen LogP) is 3.86. The molecule has 1 heterocycles. The predicted molar refractivity (Wildman–Crippen MR) is 72.1 cm³/mol. The van der Waals surface area contributed by atoms with Crippen LogP contribution in [0, 0.1) is 0 Å². The van der Waals surface area contributed by atoms with Crippen molar-refractivity contribution in [3.63, 3.8) is 0 Å². The highest BCUT2D eigenvalue weighted by Gasteiger charge is 2.12. The molecule has 0 saturated carbocycles. The molecule has 2 nitrogen and oxygen atoms in total. The lowest BCUT2D eigenvalue weighted by Gasteiger charge is -2.22. The maximum atomic E-state index is 4.26. The van der Waals surface area contributed by atoms with E-state index in [-0.39, 0.29) is 0 Å². The highest BCUT2D eigenvalue weighted by molar-refractivity contribution is 5.57. The zero-order valence-corrected chi connectivity index (χ0v) is 11.1. The van der Waals surface area contributed by atoms with E-state index in [9.17, 15) is 0 Å². The molecule has 0 aromatic carbocycles. The fourth-order valence-corrected chi connectivity index (χ4v) is 2.29. The molecule has 0 radical (unpaired) electrons. The molecule has 1 aliphatic rings. The minimum atomic E-state index is 0.696. The Kier molecular flexibility index (Phi) is 7.28. The van der Waals surface area contributed by atoms with Gasteiger partial charge in [-0.25, -0.2) is 0 Å². The number of aliphatic imine (C=N–C) groups is 1.